The van der Waals surface area contributed by atoms with Crippen LogP contribution in [0.5, 0.6) is 0 Å². The van der Waals surface area contributed by atoms with Crippen molar-refractivity contribution in [3.63, 3.8) is 0 Å². The van der Waals surface area contributed by atoms with Gasteiger partial charge in [-0.05, 0) is 101 Å². The van der Waals surface area contributed by atoms with E-state index in [0.717, 1.165) is 47.8 Å². The lowest BCUT2D eigenvalue weighted by Crippen LogP contribution is -2.06. The maximum Gasteiger partial charge on any atom is 0.0986 e. The Morgan fingerprint density at radius 1 is 0.457 bits per heavy atom. The standard InChI is InChI=1S/C44H47N2/c1-5-9-18-29-20-17-27-37-39(29)40-34(22-12-8-4)31(21-11-7-3)30(19-10-6-2)28-38(40)44-43(37)45-41-35-25-15-13-23-32(35)33-24-14-16-26-36(33)42(41)46-44/h13-17,20,23-27H,5-12,18-19,21-22H2,1-4H3. The van der Waals surface area contributed by atoms with Gasteiger partial charge in [0.15, 0.2) is 0 Å². The first-order valence-electron chi connectivity index (χ1n) is 18.0. The number of aromatic nitrogens is 2. The zero-order valence-corrected chi connectivity index (χ0v) is 28.2. The third-order valence-corrected chi connectivity index (χ3v) is 10.1. The van der Waals surface area contributed by atoms with Crippen molar-refractivity contribution in [2.24, 2.45) is 0 Å². The van der Waals surface area contributed by atoms with E-state index in [-0.39, 0.29) is 0 Å². The first kappa shape index (κ1) is 30.6. The summed E-state index contributed by atoms with van der Waals surface area (Å²) in [5.41, 5.74) is 10.0. The van der Waals surface area contributed by atoms with E-state index >= 15 is 0 Å². The molecule has 6 aromatic carbocycles. The van der Waals surface area contributed by atoms with Crippen LogP contribution in [0.3, 0.4) is 0 Å². The minimum atomic E-state index is 0.998. The number of nitrogens with zero attached hydrogens (tertiary/aromatic N) is 2. The highest BCUT2D eigenvalue weighted by Crippen LogP contribution is 2.43. The SMILES string of the molecule is CCCCc1[c]c2c3nc4c5ccccc5c5ccccc5c4nc3c3cccc(CCCC)c3c2c(CCCC)c1CCCC. The molecule has 2 heteroatoms. The van der Waals surface area contributed by atoms with Crippen LogP contribution >= 0.6 is 0 Å². The fourth-order valence-electron chi connectivity index (χ4n) is 7.77. The second kappa shape index (κ2) is 13.4. The van der Waals surface area contributed by atoms with Gasteiger partial charge in [0.05, 0.1) is 22.1 Å². The minimum Gasteiger partial charge on any atom is -0.243 e. The number of benzene rings is 6. The maximum absolute atomic E-state index is 5.67. The highest BCUT2D eigenvalue weighted by atomic mass is 14.8. The second-order valence-electron chi connectivity index (χ2n) is 13.3. The van der Waals surface area contributed by atoms with Gasteiger partial charge in [-0.15, -0.1) is 0 Å². The van der Waals surface area contributed by atoms with E-state index in [1.807, 2.05) is 0 Å². The molecule has 1 heterocycles. The predicted octanol–water partition coefficient (Wildman–Crippen LogP) is 12.6. The number of aryl methyl sites for hydroxylation is 3. The highest BCUT2D eigenvalue weighted by molar-refractivity contribution is 6.29. The maximum atomic E-state index is 5.67. The zero-order chi connectivity index (χ0) is 31.6. The van der Waals surface area contributed by atoms with E-state index in [1.165, 1.54) is 106 Å². The van der Waals surface area contributed by atoms with Gasteiger partial charge < -0.3 is 0 Å². The molecule has 233 valence electrons. The molecule has 2 nitrogen and oxygen atoms in total. The average Bonchev–Trinajstić information content (AvgIpc) is 3.10. The monoisotopic (exact) mass is 603 g/mol. The van der Waals surface area contributed by atoms with Gasteiger partial charge in [-0.3, -0.25) is 0 Å². The van der Waals surface area contributed by atoms with Crippen LogP contribution in [0.25, 0.3) is 65.2 Å². The van der Waals surface area contributed by atoms with Crippen molar-refractivity contribution >= 4 is 65.2 Å². The van der Waals surface area contributed by atoms with Crippen molar-refractivity contribution in [2.45, 2.75) is 105 Å². The Labute approximate surface area is 274 Å². The van der Waals surface area contributed by atoms with Crippen LogP contribution in [0, 0.1) is 6.07 Å². The largest absolute Gasteiger partial charge is 0.243 e. The average molecular weight is 604 g/mol. The molecule has 0 aliphatic heterocycles. The summed E-state index contributed by atoms with van der Waals surface area (Å²) < 4.78 is 0. The van der Waals surface area contributed by atoms with Crippen molar-refractivity contribution in [2.75, 3.05) is 0 Å². The third kappa shape index (κ3) is 5.20. The fraction of sp³-hybridized carbons (Fsp3) is 0.364. The summed E-state index contributed by atoms with van der Waals surface area (Å²) in [7, 11) is 0. The smallest absolute Gasteiger partial charge is 0.0986 e. The molecule has 7 rings (SSSR count). The van der Waals surface area contributed by atoms with Crippen LogP contribution in [0.4, 0.5) is 0 Å². The molecule has 0 spiro atoms. The number of unbranched alkanes of at least 4 members (excludes halogenated alkanes) is 4. The first-order valence-corrected chi connectivity index (χ1v) is 18.0. The summed E-state index contributed by atoms with van der Waals surface area (Å²) in [6, 6.07) is 28.5. The van der Waals surface area contributed by atoms with E-state index in [2.05, 4.69) is 100 Å². The molecule has 0 bridgehead atoms. The molecular formula is C44H47N2. The Balaban J connectivity index is 1.73. The number of hydrogen-bond donors (Lipinski definition) is 0. The Kier molecular flexibility index (Phi) is 8.89. The molecule has 0 saturated heterocycles. The van der Waals surface area contributed by atoms with E-state index in [4.69, 9.17) is 9.97 Å². The van der Waals surface area contributed by atoms with Gasteiger partial charge >= 0.3 is 0 Å². The normalized spacial score (nSPS) is 12.1. The van der Waals surface area contributed by atoms with E-state index in [9.17, 15) is 0 Å². The van der Waals surface area contributed by atoms with Gasteiger partial charge in [0.1, 0.15) is 0 Å². The summed E-state index contributed by atoms with van der Waals surface area (Å²) in [5.74, 6) is 0. The molecule has 0 unspecified atom stereocenters. The molecule has 0 saturated carbocycles. The molecule has 0 fully saturated rings. The molecule has 7 aromatic rings. The van der Waals surface area contributed by atoms with Gasteiger partial charge in [0, 0.05) is 21.5 Å². The number of rotatable bonds is 12. The van der Waals surface area contributed by atoms with Crippen molar-refractivity contribution in [3.8, 4) is 0 Å². The minimum absolute atomic E-state index is 0.998. The molecule has 1 aromatic heterocycles. The van der Waals surface area contributed by atoms with Crippen molar-refractivity contribution in [1.82, 2.24) is 9.97 Å². The highest BCUT2D eigenvalue weighted by Gasteiger charge is 2.23. The molecular weight excluding hydrogens is 556 g/mol. The predicted molar refractivity (Wildman–Crippen MR) is 200 cm³/mol. The zero-order valence-electron chi connectivity index (χ0n) is 28.2. The Bertz CT molecular complexity index is 2210. The van der Waals surface area contributed by atoms with E-state index in [1.54, 1.807) is 11.1 Å². The Morgan fingerprint density at radius 2 is 0.957 bits per heavy atom. The molecule has 0 N–H and O–H groups in total. The number of fused-ring (bicyclic) bond motifs is 12. The van der Waals surface area contributed by atoms with Gasteiger partial charge in [-0.2, -0.15) is 0 Å². The summed E-state index contributed by atoms with van der Waals surface area (Å²) in [5, 5.41) is 10.1. The Hall–Kier alpha value is -4.04. The second-order valence-corrected chi connectivity index (χ2v) is 13.3. The van der Waals surface area contributed by atoms with Crippen LogP contribution < -0.4 is 0 Å². The van der Waals surface area contributed by atoms with Crippen molar-refractivity contribution < 1.29 is 0 Å². The van der Waals surface area contributed by atoms with Crippen LogP contribution in [0.15, 0.2) is 66.7 Å². The lowest BCUT2D eigenvalue weighted by atomic mass is 9.83. The molecule has 0 atom stereocenters. The third-order valence-electron chi connectivity index (χ3n) is 10.1. The molecule has 0 amide bonds. The van der Waals surface area contributed by atoms with Gasteiger partial charge in [-0.25, -0.2) is 9.97 Å². The van der Waals surface area contributed by atoms with Gasteiger partial charge in [0.25, 0.3) is 0 Å². The van der Waals surface area contributed by atoms with Crippen LogP contribution in [0.1, 0.15) is 101 Å². The topological polar surface area (TPSA) is 25.8 Å². The quantitative estimate of drug-likeness (QED) is 0.103. The van der Waals surface area contributed by atoms with Crippen molar-refractivity contribution in [1.29, 1.82) is 0 Å². The summed E-state index contributed by atoms with van der Waals surface area (Å²) >= 11 is 0. The summed E-state index contributed by atoms with van der Waals surface area (Å²) in [6.45, 7) is 9.26. The van der Waals surface area contributed by atoms with Gasteiger partial charge in [-0.1, -0.05) is 120 Å². The lowest BCUT2D eigenvalue weighted by Gasteiger charge is -2.22. The molecule has 46 heavy (non-hydrogen) atoms. The lowest BCUT2D eigenvalue weighted by molar-refractivity contribution is 0.738. The van der Waals surface area contributed by atoms with Gasteiger partial charge in [0.2, 0.25) is 0 Å². The summed E-state index contributed by atoms with van der Waals surface area (Å²) in [4.78, 5) is 11.3. The summed E-state index contributed by atoms with van der Waals surface area (Å²) in [6.07, 6.45) is 14.0. The van der Waals surface area contributed by atoms with Crippen LogP contribution in [-0.4, -0.2) is 9.97 Å². The first-order chi connectivity index (χ1) is 22.7. The molecule has 1 radical (unpaired) electrons. The van der Waals surface area contributed by atoms with Crippen LogP contribution in [0.2, 0.25) is 0 Å². The number of hydrogen-bond acceptors (Lipinski definition) is 2. The molecule has 0 aliphatic rings. The van der Waals surface area contributed by atoms with E-state index < -0.39 is 0 Å². The van der Waals surface area contributed by atoms with E-state index in [0.29, 0.717) is 0 Å². The fourth-order valence-corrected chi connectivity index (χ4v) is 7.77. The van der Waals surface area contributed by atoms with Crippen molar-refractivity contribution in [3.05, 3.63) is 95.1 Å². The molecule has 0 aliphatic carbocycles. The van der Waals surface area contributed by atoms with Crippen LogP contribution in [-0.2, 0) is 25.7 Å². The Morgan fingerprint density at radius 3 is 1.59 bits per heavy atom.